The maximum Gasteiger partial charge on any atom is 0.321 e. The zero-order chi connectivity index (χ0) is 18.8. The van der Waals surface area contributed by atoms with Crippen LogP contribution in [0.4, 0.5) is 10.5 Å². The van der Waals surface area contributed by atoms with E-state index in [0.29, 0.717) is 25.1 Å². The number of likely N-dealkylation sites (tertiary alicyclic amines) is 1. The lowest BCUT2D eigenvalue weighted by Crippen LogP contribution is -2.44. The van der Waals surface area contributed by atoms with Crippen LogP contribution in [-0.2, 0) is 4.79 Å². The van der Waals surface area contributed by atoms with Crippen LogP contribution in [0.2, 0.25) is 0 Å². The van der Waals surface area contributed by atoms with Crippen LogP contribution >= 0.6 is 12.4 Å². The molecule has 1 unspecified atom stereocenters. The number of para-hydroxylation sites is 1. The predicted octanol–water partition coefficient (Wildman–Crippen LogP) is 3.78. The van der Waals surface area contributed by atoms with Crippen LogP contribution in [-0.4, -0.2) is 44.9 Å². The molecule has 28 heavy (non-hydrogen) atoms. The van der Waals surface area contributed by atoms with Crippen LogP contribution in [0, 0.1) is 5.92 Å². The zero-order valence-corrected chi connectivity index (χ0v) is 15.9. The zero-order valence-electron chi connectivity index (χ0n) is 15.1. The van der Waals surface area contributed by atoms with Crippen molar-refractivity contribution in [3.63, 3.8) is 0 Å². The van der Waals surface area contributed by atoms with E-state index < -0.39 is 11.9 Å². The minimum absolute atomic E-state index is 0. The maximum absolute atomic E-state index is 12.4. The van der Waals surface area contributed by atoms with Gasteiger partial charge in [0.05, 0.1) is 23.3 Å². The van der Waals surface area contributed by atoms with Crippen molar-refractivity contribution in [2.24, 2.45) is 5.92 Å². The number of aliphatic carboxylic acids is 1. The molecule has 8 heteroatoms. The van der Waals surface area contributed by atoms with E-state index in [1.807, 2.05) is 59.4 Å². The van der Waals surface area contributed by atoms with Crippen LogP contribution in [0.5, 0.6) is 0 Å². The fourth-order valence-electron chi connectivity index (χ4n) is 3.43. The number of benzene rings is 2. The number of aromatic nitrogens is 2. The first kappa shape index (κ1) is 19.7. The third-order valence-electron chi connectivity index (χ3n) is 4.90. The van der Waals surface area contributed by atoms with E-state index >= 15 is 0 Å². The molecule has 2 amide bonds. The summed E-state index contributed by atoms with van der Waals surface area (Å²) in [6.07, 6.45) is 3.14. The second-order valence-corrected chi connectivity index (χ2v) is 6.72. The highest BCUT2D eigenvalue weighted by molar-refractivity contribution is 5.90. The largest absolute Gasteiger partial charge is 0.481 e. The lowest BCUT2D eigenvalue weighted by atomic mass is 9.99. The number of hydrogen-bond donors (Lipinski definition) is 2. The molecule has 1 fully saturated rings. The first-order chi connectivity index (χ1) is 13.1. The molecule has 2 heterocycles. The number of anilines is 1. The number of fused-ring (bicyclic) bond motifs is 1. The molecule has 0 saturated carbocycles. The van der Waals surface area contributed by atoms with Crippen LogP contribution in [0.3, 0.4) is 0 Å². The van der Waals surface area contributed by atoms with Crippen LogP contribution in [0.25, 0.3) is 16.6 Å². The Labute approximate surface area is 168 Å². The van der Waals surface area contributed by atoms with E-state index in [0.717, 1.165) is 16.6 Å². The first-order valence-corrected chi connectivity index (χ1v) is 8.94. The van der Waals surface area contributed by atoms with Gasteiger partial charge >= 0.3 is 12.0 Å². The number of nitrogens with one attached hydrogen (secondary N) is 1. The highest BCUT2D eigenvalue weighted by atomic mass is 35.5. The molecule has 4 rings (SSSR count). The summed E-state index contributed by atoms with van der Waals surface area (Å²) in [7, 11) is 0. The number of carboxylic acids is 1. The normalized spacial score (nSPS) is 16.4. The van der Waals surface area contributed by atoms with Crippen molar-refractivity contribution in [3.8, 4) is 5.69 Å². The molecular weight excluding hydrogens is 380 g/mol. The van der Waals surface area contributed by atoms with Crippen molar-refractivity contribution in [1.82, 2.24) is 14.7 Å². The van der Waals surface area contributed by atoms with E-state index in [9.17, 15) is 9.59 Å². The van der Waals surface area contributed by atoms with Crippen molar-refractivity contribution in [2.75, 3.05) is 18.4 Å². The fraction of sp³-hybridized carbons (Fsp3) is 0.250. The molecule has 2 aromatic carbocycles. The topological polar surface area (TPSA) is 87.5 Å². The van der Waals surface area contributed by atoms with Crippen molar-refractivity contribution in [2.45, 2.75) is 12.8 Å². The number of piperidine rings is 1. The Balaban J connectivity index is 0.00000225. The van der Waals surface area contributed by atoms with Gasteiger partial charge in [0.25, 0.3) is 0 Å². The van der Waals surface area contributed by atoms with Crippen molar-refractivity contribution in [1.29, 1.82) is 0 Å². The Morgan fingerprint density at radius 1 is 1.11 bits per heavy atom. The van der Waals surface area contributed by atoms with E-state index in [-0.39, 0.29) is 25.0 Å². The summed E-state index contributed by atoms with van der Waals surface area (Å²) < 4.78 is 1.85. The molecule has 0 bridgehead atoms. The molecule has 1 atom stereocenters. The van der Waals surface area contributed by atoms with E-state index in [4.69, 9.17) is 5.11 Å². The molecule has 1 aliphatic rings. The third-order valence-corrected chi connectivity index (χ3v) is 4.90. The second kappa shape index (κ2) is 8.31. The predicted molar refractivity (Wildman–Crippen MR) is 109 cm³/mol. The smallest absolute Gasteiger partial charge is 0.321 e. The Morgan fingerprint density at radius 3 is 2.61 bits per heavy atom. The Morgan fingerprint density at radius 2 is 1.86 bits per heavy atom. The maximum atomic E-state index is 12.4. The SMILES string of the molecule is Cl.O=C(O)C1CCCN(C(=O)Nc2ccc(-n3ncc4ccccc43)cc2)C1. The summed E-state index contributed by atoms with van der Waals surface area (Å²) in [6, 6.07) is 15.1. The second-order valence-electron chi connectivity index (χ2n) is 6.72. The molecule has 7 nitrogen and oxygen atoms in total. The summed E-state index contributed by atoms with van der Waals surface area (Å²) in [6.45, 7) is 0.825. The molecule has 3 aromatic rings. The Hall–Kier alpha value is -3.06. The summed E-state index contributed by atoms with van der Waals surface area (Å²) in [5, 5.41) is 17.5. The minimum Gasteiger partial charge on any atom is -0.481 e. The van der Waals surface area contributed by atoms with Crippen molar-refractivity contribution in [3.05, 3.63) is 54.7 Å². The highest BCUT2D eigenvalue weighted by Crippen LogP contribution is 2.21. The van der Waals surface area contributed by atoms with Crippen molar-refractivity contribution < 1.29 is 14.7 Å². The lowest BCUT2D eigenvalue weighted by molar-refractivity contribution is -0.143. The number of carbonyl (C=O) groups excluding carboxylic acids is 1. The Kier molecular flexibility index (Phi) is 5.84. The minimum atomic E-state index is -0.844. The molecule has 0 aliphatic carbocycles. The van der Waals surface area contributed by atoms with Gasteiger partial charge in [0.2, 0.25) is 0 Å². The van der Waals surface area contributed by atoms with Crippen molar-refractivity contribution >= 4 is 41.0 Å². The van der Waals surface area contributed by atoms with Crippen LogP contribution in [0.1, 0.15) is 12.8 Å². The molecule has 1 aromatic heterocycles. The van der Waals surface area contributed by atoms with Gasteiger partial charge in [-0.05, 0) is 43.2 Å². The van der Waals surface area contributed by atoms with Gasteiger partial charge in [-0.1, -0.05) is 18.2 Å². The first-order valence-electron chi connectivity index (χ1n) is 8.94. The van der Waals surface area contributed by atoms with Crippen LogP contribution in [0.15, 0.2) is 54.7 Å². The summed E-state index contributed by atoms with van der Waals surface area (Å²) in [4.78, 5) is 25.2. The molecule has 1 aliphatic heterocycles. The Bertz CT molecular complexity index is 987. The average Bonchev–Trinajstić information content (AvgIpc) is 3.13. The van der Waals surface area contributed by atoms with Gasteiger partial charge in [-0.2, -0.15) is 5.10 Å². The number of urea groups is 1. The van der Waals surface area contributed by atoms with E-state index in [1.54, 1.807) is 4.90 Å². The molecule has 0 radical (unpaired) electrons. The number of hydrogen-bond acceptors (Lipinski definition) is 3. The van der Waals surface area contributed by atoms with Crippen LogP contribution < -0.4 is 5.32 Å². The summed E-state index contributed by atoms with van der Waals surface area (Å²) >= 11 is 0. The standard InChI is InChI=1S/C20H20N4O3.ClH/c25-19(26)15-5-3-11-23(13-15)20(27)22-16-7-9-17(10-8-16)24-18-6-2-1-4-14(18)12-21-24;/h1-2,4,6-10,12,15H,3,5,11,13H2,(H,22,27)(H,25,26);1H. The number of carboxylic acid groups (broad SMARTS) is 1. The molecule has 0 spiro atoms. The van der Waals surface area contributed by atoms with Gasteiger partial charge in [-0.15, -0.1) is 12.4 Å². The average molecular weight is 401 g/mol. The lowest BCUT2D eigenvalue weighted by Gasteiger charge is -2.30. The number of rotatable bonds is 3. The van der Waals surface area contributed by atoms with Gasteiger partial charge < -0.3 is 15.3 Å². The summed E-state index contributed by atoms with van der Waals surface area (Å²) in [5.74, 6) is -1.33. The monoisotopic (exact) mass is 400 g/mol. The van der Waals surface area contributed by atoms with Gasteiger partial charge in [-0.3, -0.25) is 4.79 Å². The van der Waals surface area contributed by atoms with E-state index in [2.05, 4.69) is 10.4 Å². The molecular formula is C20H21ClN4O3. The quantitative estimate of drug-likeness (QED) is 0.700. The van der Waals surface area contributed by atoms with Gasteiger partial charge in [0.1, 0.15) is 0 Å². The third kappa shape index (κ3) is 3.94. The number of carbonyl (C=O) groups is 2. The van der Waals surface area contributed by atoms with E-state index in [1.165, 1.54) is 0 Å². The summed E-state index contributed by atoms with van der Waals surface area (Å²) in [5.41, 5.74) is 2.58. The number of halogens is 1. The van der Waals surface area contributed by atoms with Gasteiger partial charge in [0, 0.05) is 24.2 Å². The molecule has 146 valence electrons. The highest BCUT2D eigenvalue weighted by Gasteiger charge is 2.28. The van der Waals surface area contributed by atoms with Gasteiger partial charge in [-0.25, -0.2) is 9.48 Å². The fourth-order valence-corrected chi connectivity index (χ4v) is 3.43. The number of nitrogens with zero attached hydrogens (tertiary/aromatic N) is 3. The van der Waals surface area contributed by atoms with Gasteiger partial charge in [0.15, 0.2) is 0 Å². The molecule has 2 N–H and O–H groups in total. The number of amides is 2. The molecule has 1 saturated heterocycles.